The molecule has 2 rings (SSSR count). The van der Waals surface area contributed by atoms with E-state index in [1.807, 2.05) is 0 Å². The fourth-order valence-corrected chi connectivity index (χ4v) is 2.38. The number of rotatable bonds is 4. The van der Waals surface area contributed by atoms with E-state index >= 15 is 0 Å². The lowest BCUT2D eigenvalue weighted by Gasteiger charge is -2.24. The zero-order valence-electron chi connectivity index (χ0n) is 11.4. The van der Waals surface area contributed by atoms with Gasteiger partial charge in [0.05, 0.1) is 22.8 Å². The third-order valence-electron chi connectivity index (χ3n) is 3.33. The quantitative estimate of drug-likeness (QED) is 0.677. The molecule has 1 amide bonds. The smallest absolute Gasteiger partial charge is 0.273 e. The van der Waals surface area contributed by atoms with E-state index in [1.54, 1.807) is 0 Å². The number of anilines is 1. The minimum absolute atomic E-state index is 0.0371. The first-order valence-electron chi connectivity index (χ1n) is 6.79. The molecule has 6 heteroatoms. The van der Waals surface area contributed by atoms with Crippen molar-refractivity contribution in [1.82, 2.24) is 0 Å². The monoisotopic (exact) mass is 278 g/mol. The van der Waals surface area contributed by atoms with Crippen LogP contribution in [0.2, 0.25) is 0 Å². The van der Waals surface area contributed by atoms with Gasteiger partial charge < -0.3 is 10.1 Å². The molecule has 6 nitrogen and oxygen atoms in total. The second-order valence-corrected chi connectivity index (χ2v) is 5.00. The van der Waals surface area contributed by atoms with Crippen LogP contribution in [-0.2, 0) is 4.79 Å². The molecule has 0 saturated heterocycles. The van der Waals surface area contributed by atoms with Crippen molar-refractivity contribution >= 4 is 17.3 Å². The maximum atomic E-state index is 11.2. The lowest BCUT2D eigenvalue weighted by molar-refractivity contribution is -0.384. The first-order chi connectivity index (χ1) is 9.56. The van der Waals surface area contributed by atoms with Crippen LogP contribution in [-0.4, -0.2) is 16.9 Å². The number of nitrogens with zero attached hydrogens (tertiary/aromatic N) is 1. The van der Waals surface area contributed by atoms with E-state index in [9.17, 15) is 14.9 Å². The molecule has 0 aromatic heterocycles. The Kier molecular flexibility index (Phi) is 4.55. The molecule has 20 heavy (non-hydrogen) atoms. The number of ether oxygens (including phenoxy) is 1. The highest BCUT2D eigenvalue weighted by Crippen LogP contribution is 2.32. The molecule has 0 unspecified atom stereocenters. The Morgan fingerprint density at radius 3 is 2.65 bits per heavy atom. The molecule has 0 radical (unpaired) electrons. The Bertz CT molecular complexity index is 510. The Morgan fingerprint density at radius 1 is 1.35 bits per heavy atom. The third-order valence-corrected chi connectivity index (χ3v) is 3.33. The van der Waals surface area contributed by atoms with E-state index in [-0.39, 0.29) is 17.7 Å². The lowest BCUT2D eigenvalue weighted by Crippen LogP contribution is -2.20. The normalized spacial score (nSPS) is 15.7. The van der Waals surface area contributed by atoms with Crippen molar-refractivity contribution in [2.75, 3.05) is 5.32 Å². The van der Waals surface area contributed by atoms with Crippen LogP contribution in [0.4, 0.5) is 11.4 Å². The van der Waals surface area contributed by atoms with Crippen LogP contribution in [0.3, 0.4) is 0 Å². The molecular weight excluding hydrogens is 260 g/mol. The van der Waals surface area contributed by atoms with Gasteiger partial charge in [-0.1, -0.05) is 6.42 Å². The molecule has 1 aromatic carbocycles. The number of nitrogens with one attached hydrogen (secondary N) is 1. The highest BCUT2D eigenvalue weighted by Gasteiger charge is 2.19. The summed E-state index contributed by atoms with van der Waals surface area (Å²) in [6.45, 7) is 1.39. The maximum Gasteiger partial charge on any atom is 0.273 e. The Labute approximate surface area is 117 Å². The summed E-state index contributed by atoms with van der Waals surface area (Å²) in [6, 6.07) is 4.25. The molecule has 0 bridgehead atoms. The van der Waals surface area contributed by atoms with Gasteiger partial charge in [-0.05, 0) is 31.7 Å². The van der Waals surface area contributed by atoms with Gasteiger partial charge in [-0.2, -0.15) is 0 Å². The third kappa shape index (κ3) is 3.69. The molecule has 1 N–H and O–H groups in total. The number of non-ortho nitro benzene ring substituents is 1. The largest absolute Gasteiger partial charge is 0.488 e. The summed E-state index contributed by atoms with van der Waals surface area (Å²) in [5, 5.41) is 13.5. The van der Waals surface area contributed by atoms with Gasteiger partial charge in [-0.15, -0.1) is 0 Å². The summed E-state index contributed by atoms with van der Waals surface area (Å²) >= 11 is 0. The molecule has 0 aliphatic heterocycles. The number of benzene rings is 1. The maximum absolute atomic E-state index is 11.2. The molecule has 0 atom stereocenters. The van der Waals surface area contributed by atoms with Crippen molar-refractivity contribution in [2.24, 2.45) is 0 Å². The summed E-state index contributed by atoms with van der Waals surface area (Å²) in [4.78, 5) is 21.6. The Hall–Kier alpha value is -2.11. The van der Waals surface area contributed by atoms with Crippen molar-refractivity contribution in [1.29, 1.82) is 0 Å². The number of carbonyl (C=O) groups is 1. The minimum Gasteiger partial charge on any atom is -0.488 e. The number of carbonyl (C=O) groups excluding carboxylic acids is 1. The highest BCUT2D eigenvalue weighted by molar-refractivity contribution is 5.90. The van der Waals surface area contributed by atoms with E-state index < -0.39 is 4.92 Å². The van der Waals surface area contributed by atoms with Crippen LogP contribution >= 0.6 is 0 Å². The van der Waals surface area contributed by atoms with Crippen LogP contribution in [0.1, 0.15) is 39.0 Å². The van der Waals surface area contributed by atoms with Crippen LogP contribution in [0.5, 0.6) is 5.75 Å². The van der Waals surface area contributed by atoms with Crippen molar-refractivity contribution in [3.63, 3.8) is 0 Å². The predicted molar refractivity (Wildman–Crippen MR) is 74.9 cm³/mol. The minimum atomic E-state index is -0.467. The highest BCUT2D eigenvalue weighted by atomic mass is 16.6. The Morgan fingerprint density at radius 2 is 2.05 bits per heavy atom. The van der Waals surface area contributed by atoms with E-state index in [0.717, 1.165) is 25.7 Å². The molecule has 0 heterocycles. The van der Waals surface area contributed by atoms with E-state index in [2.05, 4.69) is 5.32 Å². The molecule has 1 saturated carbocycles. The summed E-state index contributed by atoms with van der Waals surface area (Å²) in [7, 11) is 0. The fraction of sp³-hybridized carbons (Fsp3) is 0.500. The first kappa shape index (κ1) is 14.3. The van der Waals surface area contributed by atoms with Crippen molar-refractivity contribution < 1.29 is 14.5 Å². The van der Waals surface area contributed by atoms with Gasteiger partial charge in [-0.3, -0.25) is 14.9 Å². The number of amides is 1. The van der Waals surface area contributed by atoms with Gasteiger partial charge in [-0.25, -0.2) is 0 Å². The van der Waals surface area contributed by atoms with Crippen molar-refractivity contribution in [3.05, 3.63) is 28.3 Å². The van der Waals surface area contributed by atoms with E-state index in [4.69, 9.17) is 4.74 Å². The SMILES string of the molecule is CC(=O)Nc1ccc([N+](=O)[O-])cc1OC1CCCCC1. The first-order valence-corrected chi connectivity index (χ1v) is 6.79. The molecule has 108 valence electrons. The number of nitro benzene ring substituents is 1. The van der Waals surface area contributed by atoms with E-state index in [0.29, 0.717) is 11.4 Å². The number of hydrogen-bond acceptors (Lipinski definition) is 4. The Balaban J connectivity index is 2.22. The summed E-state index contributed by atoms with van der Waals surface area (Å²) in [5.41, 5.74) is 0.443. The predicted octanol–water partition coefficient (Wildman–Crippen LogP) is 3.26. The van der Waals surface area contributed by atoms with Crippen LogP contribution < -0.4 is 10.1 Å². The van der Waals surface area contributed by atoms with Gasteiger partial charge in [0.2, 0.25) is 5.91 Å². The summed E-state index contributed by atoms with van der Waals surface area (Å²) in [5.74, 6) is 0.147. The van der Waals surface area contributed by atoms with Gasteiger partial charge in [0.1, 0.15) is 5.75 Å². The topological polar surface area (TPSA) is 81.5 Å². The standard InChI is InChI=1S/C14H18N2O4/c1-10(17)15-13-8-7-11(16(18)19)9-14(13)20-12-5-3-2-4-6-12/h7-9,12H,2-6H2,1H3,(H,15,17). The van der Waals surface area contributed by atoms with Crippen molar-refractivity contribution in [2.45, 2.75) is 45.1 Å². The summed E-state index contributed by atoms with van der Waals surface area (Å²) < 4.78 is 5.86. The second-order valence-electron chi connectivity index (χ2n) is 5.00. The second kappa shape index (κ2) is 6.36. The van der Waals surface area contributed by atoms with Gasteiger partial charge in [0.15, 0.2) is 0 Å². The molecule has 1 fully saturated rings. The van der Waals surface area contributed by atoms with Gasteiger partial charge in [0.25, 0.3) is 5.69 Å². The van der Waals surface area contributed by atoms with Crippen LogP contribution in [0.15, 0.2) is 18.2 Å². The molecule has 1 aromatic rings. The molecule has 0 spiro atoms. The molecular formula is C14H18N2O4. The number of nitro groups is 1. The lowest BCUT2D eigenvalue weighted by atomic mass is 9.98. The summed E-state index contributed by atoms with van der Waals surface area (Å²) in [6.07, 6.45) is 5.38. The average molecular weight is 278 g/mol. The zero-order chi connectivity index (χ0) is 14.5. The number of hydrogen-bond donors (Lipinski definition) is 1. The van der Waals surface area contributed by atoms with E-state index in [1.165, 1.54) is 31.5 Å². The molecule has 1 aliphatic rings. The van der Waals surface area contributed by atoms with Gasteiger partial charge in [0, 0.05) is 13.0 Å². The fourth-order valence-electron chi connectivity index (χ4n) is 2.38. The van der Waals surface area contributed by atoms with Crippen molar-refractivity contribution in [3.8, 4) is 5.75 Å². The van der Waals surface area contributed by atoms with Crippen LogP contribution in [0.25, 0.3) is 0 Å². The average Bonchev–Trinajstić information content (AvgIpc) is 2.41. The zero-order valence-corrected chi connectivity index (χ0v) is 11.4. The molecule has 1 aliphatic carbocycles. The van der Waals surface area contributed by atoms with Gasteiger partial charge >= 0.3 is 0 Å². The van der Waals surface area contributed by atoms with Crippen LogP contribution in [0, 0.1) is 10.1 Å².